The number of carbonyl (C=O) groups is 2. The van der Waals surface area contributed by atoms with Crippen molar-refractivity contribution in [3.8, 4) is 6.07 Å². The summed E-state index contributed by atoms with van der Waals surface area (Å²) in [6.45, 7) is 6.24. The van der Waals surface area contributed by atoms with E-state index in [4.69, 9.17) is 16.3 Å². The molecule has 0 radical (unpaired) electrons. The van der Waals surface area contributed by atoms with Crippen molar-refractivity contribution in [2.75, 3.05) is 19.8 Å². The van der Waals surface area contributed by atoms with E-state index in [2.05, 4.69) is 0 Å². The molecule has 0 atom stereocenters. The van der Waals surface area contributed by atoms with Gasteiger partial charge in [0.25, 0.3) is 0 Å². The van der Waals surface area contributed by atoms with E-state index in [0.717, 1.165) is 0 Å². The van der Waals surface area contributed by atoms with Crippen molar-refractivity contribution in [2.24, 2.45) is 0 Å². The number of benzene rings is 1. The number of hydrogen-bond donors (Lipinski definition) is 2. The zero-order chi connectivity index (χ0) is 21.0. The van der Waals surface area contributed by atoms with Crippen LogP contribution >= 0.6 is 11.6 Å². The first-order valence-electron chi connectivity index (χ1n) is 8.68. The third-order valence-corrected chi connectivity index (χ3v) is 5.17. The monoisotopic (exact) mass is 404 g/mol. The van der Waals surface area contributed by atoms with Crippen LogP contribution in [0.25, 0.3) is 0 Å². The number of carboxylic acids is 2. The van der Waals surface area contributed by atoms with E-state index >= 15 is 0 Å². The lowest BCUT2D eigenvalue weighted by Crippen LogP contribution is -2.36. The lowest BCUT2D eigenvalue weighted by molar-refractivity contribution is -0.133. The Balaban J connectivity index is 2.74. The van der Waals surface area contributed by atoms with Crippen LogP contribution in [-0.4, -0.2) is 46.8 Å². The summed E-state index contributed by atoms with van der Waals surface area (Å²) in [5.74, 6) is -3.58. The van der Waals surface area contributed by atoms with Crippen molar-refractivity contribution in [2.45, 2.75) is 26.7 Å². The van der Waals surface area contributed by atoms with E-state index in [9.17, 15) is 25.1 Å². The summed E-state index contributed by atoms with van der Waals surface area (Å²) in [6, 6.07) is 6.55. The standard InChI is InChI=1S/C20H21ClN2O5/c1-4-28-9-8-23-11(2)15(19(24)25)17(16(12(23)3)20(26)27)14-7-5-6-13(10-22)18(14)21/h5-7,17H,4,8-9H2,1-3H3,(H,24,25)(H,26,27). The molecule has 1 heterocycles. The second-order valence-corrected chi connectivity index (χ2v) is 6.59. The number of halogens is 1. The zero-order valence-corrected chi connectivity index (χ0v) is 16.6. The van der Waals surface area contributed by atoms with Gasteiger partial charge in [0.2, 0.25) is 0 Å². The van der Waals surface area contributed by atoms with E-state index in [1.807, 2.05) is 13.0 Å². The van der Waals surface area contributed by atoms with Gasteiger partial charge in [-0.2, -0.15) is 5.26 Å². The summed E-state index contributed by atoms with van der Waals surface area (Å²) in [5.41, 5.74) is 1.09. The Labute approximate surface area is 168 Å². The fraction of sp³-hybridized carbons (Fsp3) is 0.350. The quantitative estimate of drug-likeness (QED) is 0.670. The van der Waals surface area contributed by atoms with E-state index < -0.39 is 17.9 Å². The smallest absolute Gasteiger partial charge is 0.334 e. The molecule has 2 N–H and O–H groups in total. The number of allylic oxidation sites excluding steroid dienone is 2. The van der Waals surface area contributed by atoms with Gasteiger partial charge in [0.1, 0.15) is 6.07 Å². The van der Waals surface area contributed by atoms with Crippen LogP contribution in [0, 0.1) is 11.3 Å². The first-order chi connectivity index (χ1) is 13.3. The molecule has 0 saturated heterocycles. The number of carboxylic acid groups (broad SMARTS) is 2. The molecule has 148 valence electrons. The molecule has 0 amide bonds. The van der Waals surface area contributed by atoms with E-state index in [-0.39, 0.29) is 27.3 Å². The average molecular weight is 405 g/mol. The summed E-state index contributed by atoms with van der Waals surface area (Å²) < 4.78 is 5.35. The minimum atomic E-state index is -1.24. The van der Waals surface area contributed by atoms with E-state index in [1.54, 1.807) is 30.9 Å². The molecular formula is C20H21ClN2O5. The molecule has 28 heavy (non-hydrogen) atoms. The summed E-state index contributed by atoms with van der Waals surface area (Å²) in [5, 5.41) is 29.1. The predicted molar refractivity (Wildman–Crippen MR) is 103 cm³/mol. The van der Waals surface area contributed by atoms with Gasteiger partial charge in [-0.25, -0.2) is 9.59 Å². The van der Waals surface area contributed by atoms with E-state index in [1.165, 1.54) is 6.07 Å². The van der Waals surface area contributed by atoms with Crippen LogP contribution in [0.4, 0.5) is 0 Å². The van der Waals surface area contributed by atoms with Crippen molar-refractivity contribution in [1.29, 1.82) is 5.26 Å². The topological polar surface area (TPSA) is 111 Å². The highest BCUT2D eigenvalue weighted by molar-refractivity contribution is 6.32. The number of aliphatic carboxylic acids is 2. The third kappa shape index (κ3) is 3.88. The maximum Gasteiger partial charge on any atom is 0.334 e. The highest BCUT2D eigenvalue weighted by atomic mass is 35.5. The van der Waals surface area contributed by atoms with Gasteiger partial charge in [0.05, 0.1) is 34.3 Å². The van der Waals surface area contributed by atoms with Gasteiger partial charge < -0.3 is 19.8 Å². The Morgan fingerprint density at radius 2 is 1.79 bits per heavy atom. The van der Waals surface area contributed by atoms with Crippen LogP contribution in [0.15, 0.2) is 40.7 Å². The van der Waals surface area contributed by atoms with Crippen LogP contribution in [0.1, 0.15) is 37.8 Å². The minimum Gasteiger partial charge on any atom is -0.478 e. The minimum absolute atomic E-state index is 0.0517. The summed E-state index contributed by atoms with van der Waals surface area (Å²) >= 11 is 6.33. The van der Waals surface area contributed by atoms with Crippen LogP contribution < -0.4 is 0 Å². The predicted octanol–water partition coefficient (Wildman–Crippen LogP) is 3.36. The van der Waals surface area contributed by atoms with E-state index in [0.29, 0.717) is 31.2 Å². The van der Waals surface area contributed by atoms with Gasteiger partial charge in [0.15, 0.2) is 0 Å². The normalized spacial score (nSPS) is 15.0. The second kappa shape index (κ2) is 8.91. The molecule has 0 saturated carbocycles. The molecule has 2 rings (SSSR count). The van der Waals surface area contributed by atoms with Gasteiger partial charge in [-0.1, -0.05) is 23.7 Å². The van der Waals surface area contributed by atoms with Crippen molar-refractivity contribution in [3.63, 3.8) is 0 Å². The number of nitriles is 1. The summed E-state index contributed by atoms with van der Waals surface area (Å²) in [7, 11) is 0. The van der Waals surface area contributed by atoms with Crippen LogP contribution in [-0.2, 0) is 14.3 Å². The Morgan fingerprint density at radius 3 is 2.25 bits per heavy atom. The fourth-order valence-electron chi connectivity index (χ4n) is 3.47. The summed E-state index contributed by atoms with van der Waals surface area (Å²) in [4.78, 5) is 25.9. The number of ether oxygens (including phenoxy) is 1. The molecule has 7 nitrogen and oxygen atoms in total. The first-order valence-corrected chi connectivity index (χ1v) is 9.05. The Bertz CT molecular complexity index is 876. The van der Waals surface area contributed by atoms with Crippen LogP contribution in [0.5, 0.6) is 0 Å². The SMILES string of the molecule is CCOCCN1C(C)=C(C(=O)O)C(c2cccc(C#N)c2Cl)C(C(=O)O)=C1C. The van der Waals surface area contributed by atoms with Crippen LogP contribution in [0.3, 0.4) is 0 Å². The van der Waals surface area contributed by atoms with Gasteiger partial charge >= 0.3 is 11.9 Å². The highest BCUT2D eigenvalue weighted by Crippen LogP contribution is 2.44. The number of hydrogen-bond acceptors (Lipinski definition) is 5. The molecule has 0 aliphatic carbocycles. The molecule has 1 aliphatic heterocycles. The molecule has 0 fully saturated rings. The van der Waals surface area contributed by atoms with Gasteiger partial charge in [-0.15, -0.1) is 0 Å². The maximum absolute atomic E-state index is 12.1. The summed E-state index contributed by atoms with van der Waals surface area (Å²) in [6.07, 6.45) is 0. The molecule has 0 spiro atoms. The molecular weight excluding hydrogens is 384 g/mol. The highest BCUT2D eigenvalue weighted by Gasteiger charge is 2.40. The Hall–Kier alpha value is -2.82. The Kier molecular flexibility index (Phi) is 6.84. The van der Waals surface area contributed by atoms with Gasteiger partial charge in [-0.05, 0) is 32.4 Å². The number of rotatable bonds is 7. The third-order valence-electron chi connectivity index (χ3n) is 4.75. The van der Waals surface area contributed by atoms with Gasteiger partial charge in [-0.3, -0.25) is 0 Å². The number of nitrogens with zero attached hydrogens (tertiary/aromatic N) is 2. The van der Waals surface area contributed by atoms with Crippen molar-refractivity contribution in [1.82, 2.24) is 4.90 Å². The molecule has 1 aromatic carbocycles. The fourth-order valence-corrected chi connectivity index (χ4v) is 3.74. The molecule has 1 aromatic rings. The van der Waals surface area contributed by atoms with Crippen molar-refractivity contribution >= 4 is 23.5 Å². The lowest BCUT2D eigenvalue weighted by atomic mass is 9.79. The van der Waals surface area contributed by atoms with Gasteiger partial charge in [0, 0.05) is 24.5 Å². The molecule has 1 aliphatic rings. The second-order valence-electron chi connectivity index (χ2n) is 6.21. The lowest BCUT2D eigenvalue weighted by Gasteiger charge is -2.37. The largest absolute Gasteiger partial charge is 0.478 e. The maximum atomic E-state index is 12.1. The Morgan fingerprint density at radius 1 is 1.21 bits per heavy atom. The molecule has 8 heteroatoms. The van der Waals surface area contributed by atoms with Crippen molar-refractivity contribution in [3.05, 3.63) is 56.9 Å². The molecule has 0 unspecified atom stereocenters. The van der Waals surface area contributed by atoms with Crippen molar-refractivity contribution < 1.29 is 24.5 Å². The molecule has 0 aromatic heterocycles. The first kappa shape index (κ1) is 21.5. The molecule has 0 bridgehead atoms. The average Bonchev–Trinajstić information content (AvgIpc) is 2.63. The van der Waals surface area contributed by atoms with Crippen LogP contribution in [0.2, 0.25) is 5.02 Å². The zero-order valence-electron chi connectivity index (χ0n) is 15.8.